The molecule has 0 aliphatic rings. The third kappa shape index (κ3) is 4.91. The lowest BCUT2D eigenvalue weighted by molar-refractivity contribution is 0.210. The molecule has 0 aliphatic carbocycles. The van der Waals surface area contributed by atoms with Gasteiger partial charge >= 0.3 is 0 Å². The fourth-order valence-electron chi connectivity index (χ4n) is 2.06. The lowest BCUT2D eigenvalue weighted by Crippen LogP contribution is -2.33. The summed E-state index contributed by atoms with van der Waals surface area (Å²) in [4.78, 5) is 0. The van der Waals surface area contributed by atoms with E-state index in [1.165, 1.54) is 0 Å². The summed E-state index contributed by atoms with van der Waals surface area (Å²) in [5, 5.41) is 3.18. The predicted octanol–water partition coefficient (Wildman–Crippen LogP) is -0.371. The second-order valence-corrected chi connectivity index (χ2v) is 3.97. The molecule has 0 saturated heterocycles. The number of rotatable bonds is 9. The van der Waals surface area contributed by atoms with Crippen molar-refractivity contribution >= 4 is 0 Å². The van der Waals surface area contributed by atoms with Gasteiger partial charge in [-0.25, -0.2) is 0 Å². The van der Waals surface area contributed by atoms with Crippen LogP contribution < -0.4 is 22.5 Å². The Hall–Kier alpha value is -0.160. The summed E-state index contributed by atoms with van der Waals surface area (Å²) in [6.07, 6.45) is 4.21. The number of hydrogen-bond acceptors (Lipinski definition) is 4. The first-order chi connectivity index (χ1) is 6.74. The van der Waals surface area contributed by atoms with Gasteiger partial charge in [0.1, 0.15) is 0 Å². The van der Waals surface area contributed by atoms with Crippen LogP contribution in [-0.2, 0) is 0 Å². The van der Waals surface area contributed by atoms with Crippen molar-refractivity contribution in [1.29, 1.82) is 0 Å². The molecule has 14 heavy (non-hydrogen) atoms. The van der Waals surface area contributed by atoms with Crippen LogP contribution in [0.1, 0.15) is 25.7 Å². The summed E-state index contributed by atoms with van der Waals surface area (Å²) in [7, 11) is 1.97. The molecular formula is C10H26N4. The van der Waals surface area contributed by atoms with Crippen LogP contribution in [0.15, 0.2) is 0 Å². The minimum atomic E-state index is 0.265. The molecule has 4 heteroatoms. The quantitative estimate of drug-likeness (QED) is 0.410. The maximum absolute atomic E-state index is 5.64. The van der Waals surface area contributed by atoms with Crippen molar-refractivity contribution in [3.05, 3.63) is 0 Å². The summed E-state index contributed by atoms with van der Waals surface area (Å²) in [6.45, 7) is 3.19. The maximum atomic E-state index is 5.64. The highest BCUT2D eigenvalue weighted by atomic mass is 14.8. The lowest BCUT2D eigenvalue weighted by atomic mass is 9.75. The van der Waals surface area contributed by atoms with Crippen LogP contribution in [0, 0.1) is 5.41 Å². The molecule has 7 N–H and O–H groups in total. The molecule has 0 aromatic rings. The zero-order valence-corrected chi connectivity index (χ0v) is 9.39. The van der Waals surface area contributed by atoms with E-state index in [1.807, 2.05) is 7.05 Å². The normalized spacial score (nSPS) is 12.0. The summed E-state index contributed by atoms with van der Waals surface area (Å²) < 4.78 is 0. The van der Waals surface area contributed by atoms with Crippen LogP contribution in [-0.4, -0.2) is 33.2 Å². The van der Waals surface area contributed by atoms with Gasteiger partial charge in [-0.1, -0.05) is 0 Å². The fraction of sp³-hybridized carbons (Fsp3) is 1.00. The minimum absolute atomic E-state index is 0.265. The molecule has 0 aliphatic heterocycles. The van der Waals surface area contributed by atoms with Crippen LogP contribution in [0.5, 0.6) is 0 Å². The first kappa shape index (κ1) is 13.8. The van der Waals surface area contributed by atoms with Gasteiger partial charge in [0, 0.05) is 0 Å². The Bertz CT molecular complexity index is 110. The summed E-state index contributed by atoms with van der Waals surface area (Å²) in [6, 6.07) is 0. The first-order valence-corrected chi connectivity index (χ1v) is 5.49. The van der Waals surface area contributed by atoms with E-state index in [4.69, 9.17) is 17.2 Å². The standard InChI is InChI=1S/C10H26N4/c1-14-9-5-10(2-6-11,3-7-12)4-8-13/h14H,2-9,11-13H2,1H3. The summed E-state index contributed by atoms with van der Waals surface area (Å²) in [5.41, 5.74) is 17.2. The molecular weight excluding hydrogens is 176 g/mol. The molecule has 0 aromatic carbocycles. The summed E-state index contributed by atoms with van der Waals surface area (Å²) in [5.74, 6) is 0. The van der Waals surface area contributed by atoms with Crippen molar-refractivity contribution in [3.8, 4) is 0 Å². The van der Waals surface area contributed by atoms with Gasteiger partial charge in [0.2, 0.25) is 0 Å². The third-order valence-electron chi connectivity index (χ3n) is 2.93. The number of nitrogens with one attached hydrogen (secondary N) is 1. The van der Waals surface area contributed by atoms with Gasteiger partial charge in [-0.15, -0.1) is 0 Å². The van der Waals surface area contributed by atoms with Crippen molar-refractivity contribution in [1.82, 2.24) is 5.32 Å². The van der Waals surface area contributed by atoms with E-state index in [9.17, 15) is 0 Å². The zero-order chi connectivity index (χ0) is 10.9. The highest BCUT2D eigenvalue weighted by molar-refractivity contribution is 4.81. The molecule has 86 valence electrons. The van der Waals surface area contributed by atoms with Gasteiger partial charge in [-0.2, -0.15) is 0 Å². The predicted molar refractivity (Wildman–Crippen MR) is 62.0 cm³/mol. The highest BCUT2D eigenvalue weighted by Gasteiger charge is 2.26. The smallest absolute Gasteiger partial charge is 0.00466 e. The Morgan fingerprint density at radius 2 is 1.29 bits per heavy atom. The van der Waals surface area contributed by atoms with Crippen LogP contribution in [0.25, 0.3) is 0 Å². The molecule has 0 atom stereocenters. The van der Waals surface area contributed by atoms with E-state index >= 15 is 0 Å². The van der Waals surface area contributed by atoms with Crippen molar-refractivity contribution in [2.45, 2.75) is 25.7 Å². The highest BCUT2D eigenvalue weighted by Crippen LogP contribution is 2.33. The van der Waals surface area contributed by atoms with Crippen LogP contribution in [0.2, 0.25) is 0 Å². The lowest BCUT2D eigenvalue weighted by Gasteiger charge is -2.33. The molecule has 0 amide bonds. The van der Waals surface area contributed by atoms with E-state index in [-0.39, 0.29) is 5.41 Å². The molecule has 0 bridgehead atoms. The van der Waals surface area contributed by atoms with Crippen molar-refractivity contribution < 1.29 is 0 Å². The molecule has 0 aromatic heterocycles. The Balaban J connectivity index is 4.21. The van der Waals surface area contributed by atoms with E-state index in [0.29, 0.717) is 0 Å². The van der Waals surface area contributed by atoms with Crippen molar-refractivity contribution in [2.24, 2.45) is 22.6 Å². The Labute approximate surface area is 87.6 Å². The topological polar surface area (TPSA) is 90.1 Å². The first-order valence-electron chi connectivity index (χ1n) is 5.49. The van der Waals surface area contributed by atoms with Gasteiger partial charge in [-0.05, 0) is 64.3 Å². The van der Waals surface area contributed by atoms with E-state index in [1.54, 1.807) is 0 Å². The molecule has 0 fully saturated rings. The van der Waals surface area contributed by atoms with Crippen LogP contribution in [0.4, 0.5) is 0 Å². The van der Waals surface area contributed by atoms with Crippen LogP contribution in [0.3, 0.4) is 0 Å². The van der Waals surface area contributed by atoms with E-state index < -0.39 is 0 Å². The van der Waals surface area contributed by atoms with Crippen molar-refractivity contribution in [3.63, 3.8) is 0 Å². The molecule has 0 heterocycles. The zero-order valence-electron chi connectivity index (χ0n) is 9.39. The third-order valence-corrected chi connectivity index (χ3v) is 2.93. The monoisotopic (exact) mass is 202 g/mol. The Morgan fingerprint density at radius 3 is 1.57 bits per heavy atom. The molecule has 0 unspecified atom stereocenters. The average molecular weight is 202 g/mol. The minimum Gasteiger partial charge on any atom is -0.330 e. The van der Waals surface area contributed by atoms with E-state index in [0.717, 1.165) is 51.9 Å². The molecule has 0 spiro atoms. The maximum Gasteiger partial charge on any atom is -0.00466 e. The second kappa shape index (κ2) is 8.17. The molecule has 0 saturated carbocycles. The Kier molecular flexibility index (Phi) is 8.08. The SMILES string of the molecule is CNCCC(CCN)(CCN)CCN. The largest absolute Gasteiger partial charge is 0.330 e. The van der Waals surface area contributed by atoms with Gasteiger partial charge in [-0.3, -0.25) is 0 Å². The number of nitrogens with two attached hydrogens (primary N) is 3. The van der Waals surface area contributed by atoms with Crippen LogP contribution >= 0.6 is 0 Å². The molecule has 0 radical (unpaired) electrons. The summed E-state index contributed by atoms with van der Waals surface area (Å²) >= 11 is 0. The van der Waals surface area contributed by atoms with Gasteiger partial charge in [0.15, 0.2) is 0 Å². The molecule has 4 nitrogen and oxygen atoms in total. The van der Waals surface area contributed by atoms with Crippen molar-refractivity contribution in [2.75, 3.05) is 33.2 Å². The Morgan fingerprint density at radius 1 is 0.857 bits per heavy atom. The average Bonchev–Trinajstić information content (AvgIpc) is 2.16. The fourth-order valence-corrected chi connectivity index (χ4v) is 2.06. The van der Waals surface area contributed by atoms with E-state index in [2.05, 4.69) is 5.32 Å². The van der Waals surface area contributed by atoms with Gasteiger partial charge < -0.3 is 22.5 Å². The molecule has 0 rings (SSSR count). The van der Waals surface area contributed by atoms with Gasteiger partial charge in [0.05, 0.1) is 0 Å². The number of hydrogen-bond donors (Lipinski definition) is 4. The van der Waals surface area contributed by atoms with Gasteiger partial charge in [0.25, 0.3) is 0 Å². The second-order valence-electron chi connectivity index (χ2n) is 3.97.